The van der Waals surface area contributed by atoms with Crippen molar-refractivity contribution >= 4 is 38.3 Å². The third-order valence-electron chi connectivity index (χ3n) is 1.83. The average molecular weight is 302 g/mol. The number of hydrogen-bond acceptors (Lipinski definition) is 5. The van der Waals surface area contributed by atoms with E-state index < -0.39 is 15.8 Å². The van der Waals surface area contributed by atoms with Gasteiger partial charge in [0.2, 0.25) is 10.0 Å². The van der Waals surface area contributed by atoms with Gasteiger partial charge in [0.05, 0.1) is 11.9 Å². The Kier molecular flexibility index (Phi) is 5.14. The molecule has 0 fully saturated rings. The number of amidine groups is 1. The van der Waals surface area contributed by atoms with Gasteiger partial charge in [-0.15, -0.1) is 0 Å². The van der Waals surface area contributed by atoms with Gasteiger partial charge in [0.1, 0.15) is 11.5 Å². The summed E-state index contributed by atoms with van der Waals surface area (Å²) in [5.74, 6) is -0.620. The van der Waals surface area contributed by atoms with E-state index in [9.17, 15) is 12.8 Å². The molecule has 6 nitrogen and oxygen atoms in total. The van der Waals surface area contributed by atoms with E-state index in [1.54, 1.807) is 12.4 Å². The van der Waals surface area contributed by atoms with Gasteiger partial charge in [-0.05, 0) is 24.5 Å². The number of halogens is 1. The molecule has 0 heterocycles. The van der Waals surface area contributed by atoms with Gasteiger partial charge < -0.3 is 0 Å². The molecule has 0 bridgehead atoms. The minimum absolute atomic E-state index is 0.0688. The van der Waals surface area contributed by atoms with Crippen LogP contribution in [0.5, 0.6) is 0 Å². The van der Waals surface area contributed by atoms with Crippen molar-refractivity contribution in [1.82, 2.24) is 5.32 Å². The standard InChI is InChI=1S/C10H11FN4O2S2/c1-18-10(13-6-12)14-9-5-7(3-4-8(9)11)15-19(2,16)17/h3-5,15H,1-2H3,(H,13,14). The highest BCUT2D eigenvalue weighted by Crippen LogP contribution is 2.24. The van der Waals surface area contributed by atoms with Crippen molar-refractivity contribution in [2.24, 2.45) is 4.99 Å². The fraction of sp³-hybridized carbons (Fsp3) is 0.200. The van der Waals surface area contributed by atoms with Crippen LogP contribution >= 0.6 is 11.8 Å². The van der Waals surface area contributed by atoms with E-state index in [-0.39, 0.29) is 16.5 Å². The van der Waals surface area contributed by atoms with E-state index >= 15 is 0 Å². The van der Waals surface area contributed by atoms with Crippen molar-refractivity contribution < 1.29 is 12.8 Å². The summed E-state index contributed by atoms with van der Waals surface area (Å²) in [5.41, 5.74) is 0.126. The van der Waals surface area contributed by atoms with Crippen molar-refractivity contribution in [2.75, 3.05) is 17.2 Å². The first kappa shape index (κ1) is 15.3. The molecule has 0 amide bonds. The highest BCUT2D eigenvalue weighted by Gasteiger charge is 2.07. The smallest absolute Gasteiger partial charge is 0.229 e. The number of aliphatic imine (C=N–C) groups is 1. The minimum Gasteiger partial charge on any atom is -0.284 e. The number of sulfonamides is 1. The Bertz CT molecular complexity index is 637. The Balaban J connectivity index is 3.14. The Morgan fingerprint density at radius 2 is 2.21 bits per heavy atom. The topological polar surface area (TPSA) is 94.3 Å². The fourth-order valence-corrected chi connectivity index (χ4v) is 2.05. The van der Waals surface area contributed by atoms with Gasteiger partial charge in [-0.1, -0.05) is 11.8 Å². The van der Waals surface area contributed by atoms with Crippen molar-refractivity contribution in [3.63, 3.8) is 0 Å². The van der Waals surface area contributed by atoms with Crippen LogP contribution < -0.4 is 10.0 Å². The highest BCUT2D eigenvalue weighted by atomic mass is 32.2. The number of hydrogen-bond donors (Lipinski definition) is 2. The monoisotopic (exact) mass is 302 g/mol. The zero-order valence-corrected chi connectivity index (χ0v) is 11.8. The molecule has 2 N–H and O–H groups in total. The van der Waals surface area contributed by atoms with Crippen molar-refractivity contribution in [2.45, 2.75) is 0 Å². The lowest BCUT2D eigenvalue weighted by molar-refractivity contribution is 0.606. The van der Waals surface area contributed by atoms with Gasteiger partial charge in [0.25, 0.3) is 0 Å². The average Bonchev–Trinajstić information content (AvgIpc) is 2.30. The number of thioether (sulfide) groups is 1. The van der Waals surface area contributed by atoms with E-state index in [1.807, 2.05) is 0 Å². The number of benzene rings is 1. The molecule has 0 unspecified atom stereocenters. The van der Waals surface area contributed by atoms with Crippen LogP contribution in [-0.4, -0.2) is 26.1 Å². The quantitative estimate of drug-likeness (QED) is 0.383. The summed E-state index contributed by atoms with van der Waals surface area (Å²) in [6, 6.07) is 3.62. The molecule has 0 saturated heterocycles. The molecule has 0 radical (unpaired) electrons. The normalized spacial score (nSPS) is 11.8. The summed E-state index contributed by atoms with van der Waals surface area (Å²) in [4.78, 5) is 3.89. The molecule has 0 aliphatic carbocycles. The van der Waals surface area contributed by atoms with Gasteiger partial charge in [-0.25, -0.2) is 17.8 Å². The Hall–Kier alpha value is -1.79. The van der Waals surface area contributed by atoms with E-state index in [0.29, 0.717) is 0 Å². The maximum atomic E-state index is 13.5. The molecule has 102 valence electrons. The SMILES string of the molecule is CSC(=Nc1cc(NS(C)(=O)=O)ccc1F)NC#N. The summed E-state index contributed by atoms with van der Waals surface area (Å²) in [7, 11) is -3.45. The largest absolute Gasteiger partial charge is 0.284 e. The molecule has 0 saturated carbocycles. The first-order valence-corrected chi connectivity index (χ1v) is 8.02. The van der Waals surface area contributed by atoms with Gasteiger partial charge in [-0.2, -0.15) is 5.26 Å². The zero-order chi connectivity index (χ0) is 14.5. The molecule has 0 aliphatic rings. The zero-order valence-electron chi connectivity index (χ0n) is 10.1. The van der Waals surface area contributed by atoms with Crippen LogP contribution in [-0.2, 0) is 10.0 Å². The third-order valence-corrected chi connectivity index (χ3v) is 3.01. The van der Waals surface area contributed by atoms with Crippen molar-refractivity contribution in [3.8, 4) is 6.19 Å². The fourth-order valence-electron chi connectivity index (χ4n) is 1.16. The third kappa shape index (κ3) is 5.15. The number of nitriles is 1. The van der Waals surface area contributed by atoms with Crippen LogP contribution in [0.25, 0.3) is 0 Å². The van der Waals surface area contributed by atoms with Crippen LogP contribution in [0.3, 0.4) is 0 Å². The van der Waals surface area contributed by atoms with Crippen LogP contribution in [0.4, 0.5) is 15.8 Å². The number of nitrogens with one attached hydrogen (secondary N) is 2. The van der Waals surface area contributed by atoms with Gasteiger partial charge in [0, 0.05) is 0 Å². The van der Waals surface area contributed by atoms with Crippen LogP contribution in [0.2, 0.25) is 0 Å². The number of anilines is 1. The summed E-state index contributed by atoms with van der Waals surface area (Å²) in [5, 5.41) is 11.0. The van der Waals surface area contributed by atoms with Crippen molar-refractivity contribution in [1.29, 1.82) is 5.26 Å². The Labute approximate surface area is 114 Å². The molecule has 0 spiro atoms. The maximum absolute atomic E-state index is 13.5. The molecule has 1 rings (SSSR count). The first-order valence-electron chi connectivity index (χ1n) is 4.91. The maximum Gasteiger partial charge on any atom is 0.229 e. The van der Waals surface area contributed by atoms with Gasteiger partial charge in [-0.3, -0.25) is 10.0 Å². The summed E-state index contributed by atoms with van der Waals surface area (Å²) >= 11 is 1.13. The molecule has 19 heavy (non-hydrogen) atoms. The van der Waals surface area contributed by atoms with Gasteiger partial charge >= 0.3 is 0 Å². The Morgan fingerprint density at radius 1 is 1.53 bits per heavy atom. The lowest BCUT2D eigenvalue weighted by atomic mass is 10.3. The van der Waals surface area contributed by atoms with Crippen LogP contribution in [0.15, 0.2) is 23.2 Å². The van der Waals surface area contributed by atoms with E-state index in [2.05, 4.69) is 15.0 Å². The minimum atomic E-state index is -3.45. The van der Waals surface area contributed by atoms with E-state index in [0.717, 1.165) is 24.1 Å². The van der Waals surface area contributed by atoms with Crippen LogP contribution in [0, 0.1) is 17.3 Å². The predicted octanol–water partition coefficient (Wildman–Crippen LogP) is 1.62. The summed E-state index contributed by atoms with van der Waals surface area (Å²) in [6.07, 6.45) is 4.33. The molecule has 0 atom stereocenters. The second-order valence-electron chi connectivity index (χ2n) is 3.40. The lowest BCUT2D eigenvalue weighted by Crippen LogP contribution is -2.12. The molecule has 1 aromatic carbocycles. The molecule has 0 aromatic heterocycles. The van der Waals surface area contributed by atoms with E-state index in [1.165, 1.54) is 12.1 Å². The number of rotatable bonds is 3. The molecule has 0 aliphatic heterocycles. The highest BCUT2D eigenvalue weighted by molar-refractivity contribution is 8.13. The molecule has 9 heteroatoms. The second kappa shape index (κ2) is 6.40. The first-order chi connectivity index (χ1) is 8.85. The number of nitrogens with zero attached hydrogens (tertiary/aromatic N) is 2. The van der Waals surface area contributed by atoms with Crippen molar-refractivity contribution in [3.05, 3.63) is 24.0 Å². The van der Waals surface area contributed by atoms with E-state index in [4.69, 9.17) is 5.26 Å². The summed E-state index contributed by atoms with van der Waals surface area (Å²) in [6.45, 7) is 0. The predicted molar refractivity (Wildman–Crippen MR) is 74.2 cm³/mol. The molecule has 1 aromatic rings. The molecular formula is C10H11FN4O2S2. The molecular weight excluding hydrogens is 291 g/mol. The second-order valence-corrected chi connectivity index (χ2v) is 5.94. The lowest BCUT2D eigenvalue weighted by Gasteiger charge is -2.06. The summed E-state index contributed by atoms with van der Waals surface area (Å²) < 4.78 is 37.9. The van der Waals surface area contributed by atoms with Gasteiger partial charge in [0.15, 0.2) is 11.4 Å². The van der Waals surface area contributed by atoms with Crippen LogP contribution in [0.1, 0.15) is 0 Å². The Morgan fingerprint density at radius 3 is 2.74 bits per heavy atom.